The van der Waals surface area contributed by atoms with Gasteiger partial charge in [-0.3, -0.25) is 14.8 Å². The summed E-state index contributed by atoms with van der Waals surface area (Å²) in [7, 11) is 0. The number of rotatable bonds is 6. The van der Waals surface area contributed by atoms with E-state index in [1.165, 1.54) is 11.1 Å². The molecule has 1 atom stereocenters. The van der Waals surface area contributed by atoms with Gasteiger partial charge in [-0.05, 0) is 25.0 Å². The third kappa shape index (κ3) is 4.46. The highest BCUT2D eigenvalue weighted by molar-refractivity contribution is 5.92. The van der Waals surface area contributed by atoms with E-state index in [-0.39, 0.29) is 11.9 Å². The molecule has 134 valence electrons. The molecule has 0 aliphatic carbocycles. The van der Waals surface area contributed by atoms with Crippen molar-refractivity contribution in [2.24, 2.45) is 0 Å². The fraction of sp³-hybridized carbons (Fsp3) is 0.474. The lowest BCUT2D eigenvalue weighted by Crippen LogP contribution is -2.43. The van der Waals surface area contributed by atoms with Crippen LogP contribution in [0.4, 0.5) is 0 Å². The lowest BCUT2D eigenvalue weighted by molar-refractivity contribution is 0.0162. The van der Waals surface area contributed by atoms with Crippen LogP contribution in [-0.4, -0.2) is 53.9 Å². The molecule has 6 heteroatoms. The highest BCUT2D eigenvalue weighted by atomic mass is 16.5. The van der Waals surface area contributed by atoms with Gasteiger partial charge in [-0.15, -0.1) is 0 Å². The quantitative estimate of drug-likeness (QED) is 0.843. The van der Waals surface area contributed by atoms with Gasteiger partial charge in [0.15, 0.2) is 0 Å². The predicted octanol–water partition coefficient (Wildman–Crippen LogP) is 2.08. The molecule has 2 heterocycles. The SMILES string of the molecule is CCc1cc(C(=O)NCC(c2cccc(C)c2)N2CCOCC2)n[nH]1. The maximum Gasteiger partial charge on any atom is 0.271 e. The van der Waals surface area contributed by atoms with E-state index >= 15 is 0 Å². The highest BCUT2D eigenvalue weighted by Crippen LogP contribution is 2.22. The third-order valence-corrected chi connectivity index (χ3v) is 4.61. The zero-order valence-corrected chi connectivity index (χ0v) is 14.9. The summed E-state index contributed by atoms with van der Waals surface area (Å²) in [6, 6.07) is 10.4. The first-order valence-electron chi connectivity index (χ1n) is 8.88. The number of ether oxygens (including phenoxy) is 1. The number of aryl methyl sites for hydroxylation is 2. The molecule has 0 spiro atoms. The molecule has 1 unspecified atom stereocenters. The zero-order chi connectivity index (χ0) is 17.6. The van der Waals surface area contributed by atoms with E-state index in [1.54, 1.807) is 0 Å². The molecule has 2 aromatic rings. The second-order valence-corrected chi connectivity index (χ2v) is 6.42. The van der Waals surface area contributed by atoms with Gasteiger partial charge in [-0.2, -0.15) is 5.10 Å². The summed E-state index contributed by atoms with van der Waals surface area (Å²) in [6.45, 7) is 7.88. The van der Waals surface area contributed by atoms with Crippen LogP contribution in [0.25, 0.3) is 0 Å². The van der Waals surface area contributed by atoms with Crippen LogP contribution >= 0.6 is 0 Å². The number of morpholine rings is 1. The van der Waals surface area contributed by atoms with Gasteiger partial charge in [0.2, 0.25) is 0 Å². The number of carbonyl (C=O) groups is 1. The standard InChI is InChI=1S/C19H26N4O2/c1-3-16-12-17(22-21-16)19(24)20-13-18(23-7-9-25-10-8-23)15-6-4-5-14(2)11-15/h4-6,11-12,18H,3,7-10,13H2,1-2H3,(H,20,24)(H,21,22). The van der Waals surface area contributed by atoms with E-state index in [0.29, 0.717) is 12.2 Å². The number of hydrogen-bond donors (Lipinski definition) is 2. The Morgan fingerprint density at radius 2 is 2.16 bits per heavy atom. The number of hydrogen-bond acceptors (Lipinski definition) is 4. The number of amides is 1. The average Bonchev–Trinajstić information content (AvgIpc) is 3.12. The van der Waals surface area contributed by atoms with E-state index in [9.17, 15) is 4.79 Å². The Balaban J connectivity index is 1.71. The summed E-state index contributed by atoms with van der Waals surface area (Å²) < 4.78 is 5.48. The Hall–Kier alpha value is -2.18. The van der Waals surface area contributed by atoms with E-state index in [1.807, 2.05) is 13.0 Å². The Bertz CT molecular complexity index is 707. The largest absolute Gasteiger partial charge is 0.379 e. The summed E-state index contributed by atoms with van der Waals surface area (Å²) in [4.78, 5) is 14.8. The molecule has 2 N–H and O–H groups in total. The number of aromatic amines is 1. The monoisotopic (exact) mass is 342 g/mol. The summed E-state index contributed by atoms with van der Waals surface area (Å²) >= 11 is 0. The fourth-order valence-electron chi connectivity index (χ4n) is 3.16. The summed E-state index contributed by atoms with van der Waals surface area (Å²) in [5.41, 5.74) is 3.86. The lowest BCUT2D eigenvalue weighted by atomic mass is 10.0. The van der Waals surface area contributed by atoms with Crippen LogP contribution in [0.1, 0.15) is 40.3 Å². The van der Waals surface area contributed by atoms with Crippen molar-refractivity contribution in [2.75, 3.05) is 32.8 Å². The maximum atomic E-state index is 12.4. The number of aromatic nitrogens is 2. The van der Waals surface area contributed by atoms with Crippen LogP contribution < -0.4 is 5.32 Å². The van der Waals surface area contributed by atoms with Crippen LogP contribution in [0.2, 0.25) is 0 Å². The second kappa shape index (κ2) is 8.27. The van der Waals surface area contributed by atoms with E-state index in [2.05, 4.69) is 51.6 Å². The summed E-state index contributed by atoms with van der Waals surface area (Å²) in [5, 5.41) is 10.0. The number of nitrogens with zero attached hydrogens (tertiary/aromatic N) is 2. The van der Waals surface area contributed by atoms with Gasteiger partial charge in [0.25, 0.3) is 5.91 Å². The number of nitrogens with one attached hydrogen (secondary N) is 2. The molecule has 1 amide bonds. The Kier molecular flexibility index (Phi) is 5.83. The molecular weight excluding hydrogens is 316 g/mol. The molecule has 0 bridgehead atoms. The lowest BCUT2D eigenvalue weighted by Gasteiger charge is -2.35. The van der Waals surface area contributed by atoms with E-state index in [4.69, 9.17) is 4.74 Å². The van der Waals surface area contributed by atoms with Crippen LogP contribution in [-0.2, 0) is 11.2 Å². The van der Waals surface area contributed by atoms with Gasteiger partial charge in [-0.1, -0.05) is 36.8 Å². The molecule has 0 saturated carbocycles. The third-order valence-electron chi connectivity index (χ3n) is 4.61. The first kappa shape index (κ1) is 17.6. The first-order valence-corrected chi connectivity index (χ1v) is 8.88. The molecule has 1 aliphatic heterocycles. The van der Waals surface area contributed by atoms with Crippen LogP contribution in [0, 0.1) is 6.92 Å². The van der Waals surface area contributed by atoms with Gasteiger partial charge in [0.05, 0.1) is 19.3 Å². The van der Waals surface area contributed by atoms with Gasteiger partial charge in [0, 0.05) is 25.3 Å². The van der Waals surface area contributed by atoms with Gasteiger partial charge in [-0.25, -0.2) is 0 Å². The zero-order valence-electron chi connectivity index (χ0n) is 14.9. The molecule has 1 aromatic heterocycles. The van der Waals surface area contributed by atoms with Crippen LogP contribution in [0.3, 0.4) is 0 Å². The maximum absolute atomic E-state index is 12.4. The minimum atomic E-state index is -0.137. The number of carbonyl (C=O) groups excluding carboxylic acids is 1. The van der Waals surface area contributed by atoms with E-state index in [0.717, 1.165) is 38.4 Å². The average molecular weight is 342 g/mol. The van der Waals surface area contributed by atoms with Crippen molar-refractivity contribution in [1.82, 2.24) is 20.4 Å². The van der Waals surface area contributed by atoms with Crippen LogP contribution in [0.5, 0.6) is 0 Å². The van der Waals surface area contributed by atoms with Crippen LogP contribution in [0.15, 0.2) is 30.3 Å². The second-order valence-electron chi connectivity index (χ2n) is 6.42. The minimum absolute atomic E-state index is 0.136. The van der Waals surface area contributed by atoms with Crippen molar-refractivity contribution in [2.45, 2.75) is 26.3 Å². The Labute approximate surface area is 148 Å². The normalized spacial score (nSPS) is 16.6. The van der Waals surface area contributed by atoms with Crippen molar-refractivity contribution in [1.29, 1.82) is 0 Å². The van der Waals surface area contributed by atoms with Crippen molar-refractivity contribution in [3.63, 3.8) is 0 Å². The van der Waals surface area contributed by atoms with E-state index < -0.39 is 0 Å². The Morgan fingerprint density at radius 3 is 2.84 bits per heavy atom. The smallest absolute Gasteiger partial charge is 0.271 e. The molecule has 1 saturated heterocycles. The summed E-state index contributed by atoms with van der Waals surface area (Å²) in [6.07, 6.45) is 0.833. The Morgan fingerprint density at radius 1 is 1.36 bits per heavy atom. The molecule has 6 nitrogen and oxygen atoms in total. The molecular formula is C19H26N4O2. The van der Waals surface area contributed by atoms with Gasteiger partial charge >= 0.3 is 0 Å². The minimum Gasteiger partial charge on any atom is -0.379 e. The van der Waals surface area contributed by atoms with Gasteiger partial charge in [0.1, 0.15) is 5.69 Å². The molecule has 1 aliphatic rings. The number of benzene rings is 1. The molecule has 0 radical (unpaired) electrons. The first-order chi connectivity index (χ1) is 12.2. The fourth-order valence-corrected chi connectivity index (χ4v) is 3.16. The molecule has 1 aromatic carbocycles. The molecule has 3 rings (SSSR count). The van der Waals surface area contributed by atoms with Crippen molar-refractivity contribution >= 4 is 5.91 Å². The summed E-state index contributed by atoms with van der Waals surface area (Å²) in [5.74, 6) is -0.137. The van der Waals surface area contributed by atoms with Crippen molar-refractivity contribution < 1.29 is 9.53 Å². The molecule has 1 fully saturated rings. The van der Waals surface area contributed by atoms with Crippen molar-refractivity contribution in [3.05, 3.63) is 52.8 Å². The predicted molar refractivity (Wildman–Crippen MR) is 96.6 cm³/mol. The highest BCUT2D eigenvalue weighted by Gasteiger charge is 2.23. The number of H-pyrrole nitrogens is 1. The topological polar surface area (TPSA) is 70.2 Å². The van der Waals surface area contributed by atoms with Gasteiger partial charge < -0.3 is 10.1 Å². The van der Waals surface area contributed by atoms with Crippen molar-refractivity contribution in [3.8, 4) is 0 Å². The molecule has 25 heavy (non-hydrogen) atoms.